The lowest BCUT2D eigenvalue weighted by Gasteiger charge is -2.18. The quantitative estimate of drug-likeness (QED) is 0.335. The number of hydrogen-bond donors (Lipinski definition) is 1. The number of nitrogens with one attached hydrogen (secondary N) is 1. The van der Waals surface area contributed by atoms with Crippen molar-refractivity contribution in [2.75, 3.05) is 18.4 Å². The molecule has 2 aromatic carbocycles. The fraction of sp³-hybridized carbons (Fsp3) is 0.231. The molecule has 1 N–H and O–H groups in total. The van der Waals surface area contributed by atoms with E-state index in [1.165, 1.54) is 5.56 Å². The molecule has 1 amide bonds. The fourth-order valence-corrected chi connectivity index (χ4v) is 4.35. The molecule has 4 rings (SSSR count). The van der Waals surface area contributed by atoms with E-state index in [0.29, 0.717) is 5.56 Å². The molecule has 2 aromatic heterocycles. The van der Waals surface area contributed by atoms with Crippen molar-refractivity contribution < 1.29 is 4.79 Å². The van der Waals surface area contributed by atoms with Gasteiger partial charge in [-0.15, -0.1) is 11.8 Å². The number of rotatable bonds is 9. The predicted octanol–water partition coefficient (Wildman–Crippen LogP) is 5.72. The molecule has 6 heteroatoms. The van der Waals surface area contributed by atoms with Gasteiger partial charge in [0.15, 0.2) is 0 Å². The first-order chi connectivity index (χ1) is 15.6. The third kappa shape index (κ3) is 5.58. The summed E-state index contributed by atoms with van der Waals surface area (Å²) in [6.45, 7) is 7.22. The molecule has 164 valence electrons. The minimum absolute atomic E-state index is 0.0955. The van der Waals surface area contributed by atoms with Gasteiger partial charge in [0, 0.05) is 40.8 Å². The zero-order chi connectivity index (χ0) is 22.3. The highest BCUT2D eigenvalue weighted by Crippen LogP contribution is 2.23. The predicted molar refractivity (Wildman–Crippen MR) is 132 cm³/mol. The van der Waals surface area contributed by atoms with Crippen LogP contribution in [-0.4, -0.2) is 33.3 Å². The summed E-state index contributed by atoms with van der Waals surface area (Å²) in [5.41, 5.74) is 4.66. The Balaban J connectivity index is 1.34. The van der Waals surface area contributed by atoms with Crippen molar-refractivity contribution >= 4 is 29.0 Å². The smallest absolute Gasteiger partial charge is 0.255 e. The Morgan fingerprint density at radius 1 is 1.03 bits per heavy atom. The van der Waals surface area contributed by atoms with E-state index < -0.39 is 0 Å². The number of fused-ring (bicyclic) bond motifs is 1. The van der Waals surface area contributed by atoms with Gasteiger partial charge in [-0.25, -0.2) is 4.98 Å². The van der Waals surface area contributed by atoms with Crippen molar-refractivity contribution in [2.45, 2.75) is 31.0 Å². The van der Waals surface area contributed by atoms with Crippen LogP contribution in [0.25, 0.3) is 5.65 Å². The molecule has 0 aliphatic heterocycles. The van der Waals surface area contributed by atoms with Gasteiger partial charge in [-0.1, -0.05) is 32.0 Å². The highest BCUT2D eigenvalue weighted by Gasteiger charge is 2.08. The Bertz CT molecular complexity index is 1150. The summed E-state index contributed by atoms with van der Waals surface area (Å²) in [5.74, 6) is 0.689. The van der Waals surface area contributed by atoms with E-state index in [0.717, 1.165) is 47.3 Å². The van der Waals surface area contributed by atoms with E-state index in [9.17, 15) is 4.79 Å². The Morgan fingerprint density at radius 2 is 1.84 bits per heavy atom. The maximum atomic E-state index is 12.7. The van der Waals surface area contributed by atoms with E-state index >= 15 is 0 Å². The van der Waals surface area contributed by atoms with Gasteiger partial charge in [0.2, 0.25) is 0 Å². The van der Waals surface area contributed by atoms with Gasteiger partial charge in [-0.3, -0.25) is 9.69 Å². The van der Waals surface area contributed by atoms with Gasteiger partial charge >= 0.3 is 0 Å². The lowest BCUT2D eigenvalue weighted by Crippen LogP contribution is -2.22. The zero-order valence-electron chi connectivity index (χ0n) is 18.5. The number of thioether (sulfide) groups is 1. The third-order valence-corrected chi connectivity index (χ3v) is 6.45. The van der Waals surface area contributed by atoms with Crippen LogP contribution in [0.15, 0.2) is 84.0 Å². The van der Waals surface area contributed by atoms with Crippen molar-refractivity contribution in [3.63, 3.8) is 0 Å². The number of anilines is 1. The molecule has 0 radical (unpaired) electrons. The first-order valence-electron chi connectivity index (χ1n) is 10.9. The van der Waals surface area contributed by atoms with Crippen molar-refractivity contribution in [1.82, 2.24) is 14.3 Å². The molecule has 0 fully saturated rings. The summed E-state index contributed by atoms with van der Waals surface area (Å²) in [5, 5.41) is 3.02. The van der Waals surface area contributed by atoms with Gasteiger partial charge in [0.1, 0.15) is 5.65 Å². The van der Waals surface area contributed by atoms with Gasteiger partial charge in [0.05, 0.1) is 5.69 Å². The molecule has 0 saturated heterocycles. The van der Waals surface area contributed by atoms with Crippen LogP contribution in [0, 0.1) is 0 Å². The van der Waals surface area contributed by atoms with Crippen molar-refractivity contribution in [3.05, 3.63) is 95.9 Å². The molecule has 5 nitrogen and oxygen atoms in total. The monoisotopic (exact) mass is 444 g/mol. The lowest BCUT2D eigenvalue weighted by atomic mass is 10.1. The number of nitrogens with zero attached hydrogens (tertiary/aromatic N) is 3. The first kappa shape index (κ1) is 22.1. The average molecular weight is 445 g/mol. The number of imidazole rings is 1. The summed E-state index contributed by atoms with van der Waals surface area (Å²) in [6.07, 6.45) is 4.06. The molecule has 2 heterocycles. The maximum absolute atomic E-state index is 12.7. The second-order valence-corrected chi connectivity index (χ2v) is 8.68. The van der Waals surface area contributed by atoms with Crippen LogP contribution in [0.3, 0.4) is 0 Å². The summed E-state index contributed by atoms with van der Waals surface area (Å²) >= 11 is 1.71. The number of hydrogen-bond acceptors (Lipinski definition) is 4. The Morgan fingerprint density at radius 3 is 2.59 bits per heavy atom. The van der Waals surface area contributed by atoms with E-state index in [1.54, 1.807) is 11.8 Å². The highest BCUT2D eigenvalue weighted by molar-refractivity contribution is 7.98. The molecular formula is C26H28N4OS. The molecule has 0 bridgehead atoms. The van der Waals surface area contributed by atoms with Crippen LogP contribution in [0.1, 0.15) is 35.5 Å². The molecule has 0 atom stereocenters. The first-order valence-corrected chi connectivity index (χ1v) is 11.9. The molecule has 0 spiro atoms. The second-order valence-electron chi connectivity index (χ2n) is 7.63. The Hall–Kier alpha value is -3.09. The number of carbonyl (C=O) groups is 1. The van der Waals surface area contributed by atoms with Crippen LogP contribution in [-0.2, 0) is 12.3 Å². The topological polar surface area (TPSA) is 49.6 Å². The lowest BCUT2D eigenvalue weighted by molar-refractivity contribution is 0.102. The van der Waals surface area contributed by atoms with Gasteiger partial charge in [-0.2, -0.15) is 0 Å². The van der Waals surface area contributed by atoms with Crippen LogP contribution in [0.5, 0.6) is 0 Å². The standard InChI is InChI=1S/C26H28N4OS/c1-3-29(4-2)17-20-8-7-9-22(16-20)28-26(31)21-11-13-24(14-12-21)32-19-23-18-30-15-6-5-10-25(30)27-23/h5-16,18H,3-4,17,19H2,1-2H3,(H,28,31). The van der Waals surface area contributed by atoms with Crippen molar-refractivity contribution in [1.29, 1.82) is 0 Å². The van der Waals surface area contributed by atoms with E-state index in [1.807, 2.05) is 65.2 Å². The van der Waals surface area contributed by atoms with Crippen LogP contribution < -0.4 is 5.32 Å². The van der Waals surface area contributed by atoms with Crippen LogP contribution >= 0.6 is 11.8 Å². The SMILES string of the molecule is CCN(CC)Cc1cccc(NC(=O)c2ccc(SCc3cn4ccccc4n3)cc2)c1. The number of carbonyl (C=O) groups excluding carboxylic acids is 1. The van der Waals surface area contributed by atoms with Gasteiger partial charge in [0.25, 0.3) is 5.91 Å². The molecule has 0 unspecified atom stereocenters. The molecule has 4 aromatic rings. The molecule has 0 aliphatic carbocycles. The van der Waals surface area contributed by atoms with Crippen LogP contribution in [0.4, 0.5) is 5.69 Å². The number of amides is 1. The summed E-state index contributed by atoms with van der Waals surface area (Å²) < 4.78 is 2.03. The van der Waals surface area contributed by atoms with E-state index in [-0.39, 0.29) is 5.91 Å². The summed E-state index contributed by atoms with van der Waals surface area (Å²) in [7, 11) is 0. The minimum Gasteiger partial charge on any atom is -0.322 e. The van der Waals surface area contributed by atoms with Crippen molar-refractivity contribution in [2.24, 2.45) is 0 Å². The van der Waals surface area contributed by atoms with E-state index in [2.05, 4.69) is 47.4 Å². The molecule has 0 aliphatic rings. The van der Waals surface area contributed by atoms with Crippen LogP contribution in [0.2, 0.25) is 0 Å². The van der Waals surface area contributed by atoms with E-state index in [4.69, 9.17) is 0 Å². The second kappa shape index (κ2) is 10.5. The minimum atomic E-state index is -0.0955. The maximum Gasteiger partial charge on any atom is 0.255 e. The third-order valence-electron chi connectivity index (χ3n) is 5.40. The summed E-state index contributed by atoms with van der Waals surface area (Å²) in [4.78, 5) is 20.8. The number of aromatic nitrogens is 2. The van der Waals surface area contributed by atoms with Crippen molar-refractivity contribution in [3.8, 4) is 0 Å². The molecule has 0 saturated carbocycles. The fourth-order valence-electron chi connectivity index (χ4n) is 3.57. The zero-order valence-corrected chi connectivity index (χ0v) is 19.3. The molecular weight excluding hydrogens is 416 g/mol. The van der Waals surface area contributed by atoms with Gasteiger partial charge in [-0.05, 0) is 67.2 Å². The Kier molecular flexibility index (Phi) is 7.24. The molecule has 32 heavy (non-hydrogen) atoms. The number of benzene rings is 2. The number of pyridine rings is 1. The average Bonchev–Trinajstić information content (AvgIpc) is 3.25. The Labute approximate surface area is 193 Å². The van der Waals surface area contributed by atoms with Gasteiger partial charge < -0.3 is 9.72 Å². The highest BCUT2D eigenvalue weighted by atomic mass is 32.2. The largest absolute Gasteiger partial charge is 0.322 e. The summed E-state index contributed by atoms with van der Waals surface area (Å²) in [6, 6.07) is 21.8. The normalized spacial score (nSPS) is 11.2.